The highest BCUT2D eigenvalue weighted by atomic mass is 19.1. The third kappa shape index (κ3) is 3.97. The third-order valence-corrected chi connectivity index (χ3v) is 5.93. The number of nitrogens with zero attached hydrogens (tertiary/aromatic N) is 1. The lowest BCUT2D eigenvalue weighted by Crippen LogP contribution is -2.55. The molecule has 5 rings (SSSR count). The molecule has 0 radical (unpaired) electrons. The molecule has 0 unspecified atom stereocenters. The van der Waals surface area contributed by atoms with E-state index in [1.165, 1.54) is 24.3 Å². The molecule has 2 heterocycles. The first-order valence-electron chi connectivity index (χ1n) is 10.6. The van der Waals surface area contributed by atoms with E-state index >= 15 is 0 Å². The quantitative estimate of drug-likeness (QED) is 0.591. The number of pyridine rings is 1. The Hall–Kier alpha value is -3.29. The number of carbonyl (C=O) groups is 1. The van der Waals surface area contributed by atoms with Crippen molar-refractivity contribution in [3.8, 4) is 17.0 Å². The number of nitrogens with one attached hydrogen (secondary N) is 1. The molecule has 1 aliphatic carbocycles. The number of aliphatic hydroxyl groups excluding tert-OH is 1. The molecule has 0 bridgehead atoms. The van der Waals surface area contributed by atoms with Gasteiger partial charge in [0.15, 0.2) is 0 Å². The molecule has 1 aliphatic heterocycles. The second kappa shape index (κ2) is 8.33. The van der Waals surface area contributed by atoms with Gasteiger partial charge in [-0.2, -0.15) is 0 Å². The summed E-state index contributed by atoms with van der Waals surface area (Å²) in [5, 5.41) is 12.7. The molecule has 7 heteroatoms. The topological polar surface area (TPSA) is 80.7 Å². The molecule has 0 atom stereocenters. The number of amides is 1. The van der Waals surface area contributed by atoms with Gasteiger partial charge in [-0.15, -0.1) is 0 Å². The summed E-state index contributed by atoms with van der Waals surface area (Å²) < 4.78 is 24.3. The number of anilines is 1. The van der Waals surface area contributed by atoms with Gasteiger partial charge in [-0.05, 0) is 53.8 Å². The van der Waals surface area contributed by atoms with E-state index in [4.69, 9.17) is 9.47 Å². The molecule has 1 amide bonds. The van der Waals surface area contributed by atoms with Crippen LogP contribution in [0.2, 0.25) is 0 Å². The molecule has 2 fully saturated rings. The van der Waals surface area contributed by atoms with E-state index in [0.717, 1.165) is 35.1 Å². The minimum absolute atomic E-state index is 0.127. The highest BCUT2D eigenvalue weighted by molar-refractivity contribution is 6.00. The van der Waals surface area contributed by atoms with Crippen LogP contribution in [0.1, 0.15) is 24.0 Å². The van der Waals surface area contributed by atoms with Gasteiger partial charge in [0.2, 0.25) is 11.8 Å². The van der Waals surface area contributed by atoms with Crippen LogP contribution >= 0.6 is 0 Å². The van der Waals surface area contributed by atoms with Gasteiger partial charge >= 0.3 is 0 Å². The first-order valence-corrected chi connectivity index (χ1v) is 10.6. The van der Waals surface area contributed by atoms with Crippen molar-refractivity contribution in [1.29, 1.82) is 0 Å². The van der Waals surface area contributed by atoms with Gasteiger partial charge in [0.05, 0.1) is 19.8 Å². The van der Waals surface area contributed by atoms with Crippen LogP contribution in [0.5, 0.6) is 5.88 Å². The van der Waals surface area contributed by atoms with Crippen LogP contribution in [0.15, 0.2) is 60.8 Å². The Balaban J connectivity index is 1.37. The number of hydrogen-bond donors (Lipinski definition) is 2. The normalized spacial score (nSPS) is 16.8. The number of ether oxygens (including phenoxy) is 2. The molecule has 1 saturated carbocycles. The fourth-order valence-electron chi connectivity index (χ4n) is 3.77. The smallest absolute Gasteiger partial charge is 0.239 e. The zero-order valence-corrected chi connectivity index (χ0v) is 17.4. The number of carbonyl (C=O) groups excluding carboxylic acids is 1. The Morgan fingerprint density at radius 2 is 1.88 bits per heavy atom. The summed E-state index contributed by atoms with van der Waals surface area (Å²) in [6, 6.07) is 15.1. The Kier molecular flexibility index (Phi) is 5.36. The summed E-state index contributed by atoms with van der Waals surface area (Å²) in [6.07, 6.45) is 4.03. The molecule has 2 N–H and O–H groups in total. The third-order valence-electron chi connectivity index (χ3n) is 5.93. The minimum atomic E-state index is -0.799. The van der Waals surface area contributed by atoms with Crippen LogP contribution in [0.25, 0.3) is 11.1 Å². The summed E-state index contributed by atoms with van der Waals surface area (Å²) in [7, 11) is 0. The molecule has 1 saturated heterocycles. The molecule has 164 valence electrons. The molecule has 0 spiro atoms. The van der Waals surface area contributed by atoms with Crippen LogP contribution in [0, 0.1) is 5.82 Å². The van der Waals surface area contributed by atoms with Crippen LogP contribution in [0.3, 0.4) is 0 Å². The van der Waals surface area contributed by atoms with Gasteiger partial charge in [0.25, 0.3) is 0 Å². The minimum Gasteiger partial charge on any atom is -0.474 e. The van der Waals surface area contributed by atoms with E-state index in [1.807, 2.05) is 24.3 Å². The molecular weight excluding hydrogens is 411 g/mol. The maximum atomic E-state index is 13.2. The van der Waals surface area contributed by atoms with Crippen molar-refractivity contribution < 1.29 is 23.8 Å². The second-order valence-corrected chi connectivity index (χ2v) is 8.27. The Labute approximate surface area is 185 Å². The van der Waals surface area contributed by atoms with Crippen LogP contribution < -0.4 is 10.1 Å². The largest absolute Gasteiger partial charge is 0.474 e. The monoisotopic (exact) mass is 434 g/mol. The van der Waals surface area contributed by atoms with Crippen molar-refractivity contribution in [3.05, 3.63) is 77.7 Å². The standard InChI is InChI=1S/C25H23FN2O4/c26-19-5-7-20(8-6-19)28-24(30)25(14-31-15-25)18-3-1-16(2-4-18)22-12-27-23(11-17(22)13-29)32-21-9-10-21/h1-8,11-12,21,29H,9-10,13-15H2,(H,28,30). The molecule has 32 heavy (non-hydrogen) atoms. The molecular formula is C25H23FN2O4. The number of benzene rings is 2. The van der Waals surface area contributed by atoms with Gasteiger partial charge in [-0.1, -0.05) is 24.3 Å². The number of rotatable bonds is 7. The van der Waals surface area contributed by atoms with E-state index in [2.05, 4.69) is 10.3 Å². The maximum Gasteiger partial charge on any atom is 0.239 e. The number of halogens is 1. The summed E-state index contributed by atoms with van der Waals surface area (Å²) in [4.78, 5) is 17.4. The average Bonchev–Trinajstić information content (AvgIpc) is 3.59. The van der Waals surface area contributed by atoms with E-state index in [-0.39, 0.29) is 37.6 Å². The van der Waals surface area contributed by atoms with E-state index in [0.29, 0.717) is 11.6 Å². The predicted octanol–water partition coefficient (Wildman–Crippen LogP) is 3.83. The Bertz CT molecular complexity index is 1120. The van der Waals surface area contributed by atoms with Gasteiger partial charge in [0.1, 0.15) is 17.3 Å². The fourth-order valence-corrected chi connectivity index (χ4v) is 3.77. The van der Waals surface area contributed by atoms with Crippen molar-refractivity contribution >= 4 is 11.6 Å². The maximum absolute atomic E-state index is 13.2. The zero-order chi connectivity index (χ0) is 22.1. The van der Waals surface area contributed by atoms with Crippen LogP contribution in [-0.2, 0) is 21.6 Å². The van der Waals surface area contributed by atoms with Crippen molar-refractivity contribution in [2.24, 2.45) is 0 Å². The lowest BCUT2D eigenvalue weighted by molar-refractivity contribution is -0.139. The molecule has 2 aliphatic rings. The fraction of sp³-hybridized carbons (Fsp3) is 0.280. The van der Waals surface area contributed by atoms with Gasteiger partial charge in [-0.25, -0.2) is 9.37 Å². The Morgan fingerprint density at radius 3 is 2.47 bits per heavy atom. The van der Waals surface area contributed by atoms with E-state index in [1.54, 1.807) is 12.3 Å². The van der Waals surface area contributed by atoms with Crippen molar-refractivity contribution in [3.63, 3.8) is 0 Å². The summed E-state index contributed by atoms with van der Waals surface area (Å²) >= 11 is 0. The van der Waals surface area contributed by atoms with Gasteiger partial charge < -0.3 is 19.9 Å². The number of aromatic nitrogens is 1. The van der Waals surface area contributed by atoms with Crippen molar-refractivity contribution in [1.82, 2.24) is 4.98 Å². The lowest BCUT2D eigenvalue weighted by Gasteiger charge is -2.40. The number of aliphatic hydroxyl groups is 1. The van der Waals surface area contributed by atoms with E-state index < -0.39 is 5.41 Å². The Morgan fingerprint density at radius 1 is 1.16 bits per heavy atom. The molecule has 3 aromatic rings. The van der Waals surface area contributed by atoms with Crippen LogP contribution in [-0.4, -0.2) is 35.3 Å². The highest BCUT2D eigenvalue weighted by Crippen LogP contribution is 2.36. The summed E-state index contributed by atoms with van der Waals surface area (Å²) in [5.74, 6) is -0.0218. The first-order chi connectivity index (χ1) is 15.6. The summed E-state index contributed by atoms with van der Waals surface area (Å²) in [5.41, 5.74) is 3.01. The SMILES string of the molecule is O=C(Nc1ccc(F)cc1)C1(c2ccc(-c3cnc(OC4CC4)cc3CO)cc2)COC1. The van der Waals surface area contributed by atoms with Crippen molar-refractivity contribution in [2.45, 2.75) is 31.0 Å². The number of hydrogen-bond acceptors (Lipinski definition) is 5. The summed E-state index contributed by atoms with van der Waals surface area (Å²) in [6.45, 7) is 0.421. The zero-order valence-electron chi connectivity index (χ0n) is 17.4. The first kappa shape index (κ1) is 20.6. The van der Waals surface area contributed by atoms with Crippen molar-refractivity contribution in [2.75, 3.05) is 18.5 Å². The lowest BCUT2D eigenvalue weighted by atomic mass is 9.77. The van der Waals surface area contributed by atoms with E-state index in [9.17, 15) is 14.3 Å². The van der Waals surface area contributed by atoms with Gasteiger partial charge in [0, 0.05) is 23.5 Å². The highest BCUT2D eigenvalue weighted by Gasteiger charge is 2.47. The second-order valence-electron chi connectivity index (χ2n) is 8.27. The predicted molar refractivity (Wildman–Crippen MR) is 117 cm³/mol. The molecule has 1 aromatic heterocycles. The molecule has 2 aromatic carbocycles. The molecule has 6 nitrogen and oxygen atoms in total. The van der Waals surface area contributed by atoms with Crippen LogP contribution in [0.4, 0.5) is 10.1 Å². The average molecular weight is 434 g/mol. The van der Waals surface area contributed by atoms with Gasteiger partial charge in [-0.3, -0.25) is 4.79 Å².